The molecule has 0 heterocycles. The lowest BCUT2D eigenvalue weighted by molar-refractivity contribution is -0.0986. The second-order valence-corrected chi connectivity index (χ2v) is 2.79. The molecule has 66 valence electrons. The first-order valence-electron chi connectivity index (χ1n) is 3.33. The van der Waals surface area contributed by atoms with Crippen LogP contribution < -0.4 is 5.32 Å². The van der Waals surface area contributed by atoms with E-state index in [-0.39, 0.29) is 6.29 Å². The van der Waals surface area contributed by atoms with Crippen molar-refractivity contribution >= 4 is 15.9 Å². The minimum Gasteiger partial charge on any atom is -0.383 e. The third kappa shape index (κ3) is 5.24. The van der Waals surface area contributed by atoms with E-state index in [1.807, 2.05) is 13.1 Å². The van der Waals surface area contributed by atoms with Crippen molar-refractivity contribution in [3.8, 4) is 0 Å². The summed E-state index contributed by atoms with van der Waals surface area (Å²) in [5, 5.41) is 2.94. The quantitative estimate of drug-likeness (QED) is 0.566. The second-order valence-electron chi connectivity index (χ2n) is 1.94. The van der Waals surface area contributed by atoms with E-state index in [1.165, 1.54) is 0 Å². The van der Waals surface area contributed by atoms with E-state index in [1.54, 1.807) is 14.2 Å². The van der Waals surface area contributed by atoms with Crippen LogP contribution in [0.1, 0.15) is 6.42 Å². The molecule has 0 aromatic heterocycles. The molecule has 0 aliphatic heterocycles. The molecule has 0 aromatic carbocycles. The summed E-state index contributed by atoms with van der Waals surface area (Å²) in [4.78, 5) is 0. The Hall–Kier alpha value is -0.0600. The predicted molar refractivity (Wildman–Crippen MR) is 48.5 cm³/mol. The van der Waals surface area contributed by atoms with Crippen LogP contribution in [-0.4, -0.2) is 27.6 Å². The molecule has 0 saturated heterocycles. The van der Waals surface area contributed by atoms with E-state index in [0.717, 1.165) is 11.0 Å². The Morgan fingerprint density at radius 2 is 2.09 bits per heavy atom. The summed E-state index contributed by atoms with van der Waals surface area (Å²) in [6.07, 6.45) is 2.53. The molecule has 0 rings (SSSR count). The minimum atomic E-state index is -0.157. The maximum Gasteiger partial charge on any atom is 0.160 e. The number of hydrogen-bond donors (Lipinski definition) is 1. The van der Waals surface area contributed by atoms with Crippen LogP contribution in [0.4, 0.5) is 0 Å². The first kappa shape index (κ1) is 10.9. The minimum absolute atomic E-state index is 0.157. The maximum atomic E-state index is 4.98. The van der Waals surface area contributed by atoms with Crippen LogP contribution in [0.15, 0.2) is 10.7 Å². The van der Waals surface area contributed by atoms with E-state index in [4.69, 9.17) is 9.47 Å². The van der Waals surface area contributed by atoms with E-state index in [0.29, 0.717) is 0 Å². The molecule has 4 heteroatoms. The molecule has 0 fully saturated rings. The van der Waals surface area contributed by atoms with Gasteiger partial charge in [-0.15, -0.1) is 0 Å². The summed E-state index contributed by atoms with van der Waals surface area (Å²) in [5.74, 6) is 0. The van der Waals surface area contributed by atoms with Crippen molar-refractivity contribution in [3.05, 3.63) is 10.7 Å². The average Bonchev–Trinajstić information content (AvgIpc) is 2.06. The number of nitrogens with one attached hydrogen (secondary N) is 1. The molecule has 0 unspecified atom stereocenters. The van der Waals surface area contributed by atoms with Crippen molar-refractivity contribution in [2.24, 2.45) is 0 Å². The topological polar surface area (TPSA) is 30.5 Å². The zero-order valence-electron chi connectivity index (χ0n) is 7.06. The van der Waals surface area contributed by atoms with Crippen LogP contribution in [0, 0.1) is 0 Å². The Balaban J connectivity index is 3.65. The molecule has 0 atom stereocenters. The van der Waals surface area contributed by atoms with E-state index >= 15 is 0 Å². The van der Waals surface area contributed by atoms with Crippen LogP contribution in [0.25, 0.3) is 0 Å². The fourth-order valence-electron chi connectivity index (χ4n) is 0.590. The van der Waals surface area contributed by atoms with Gasteiger partial charge >= 0.3 is 0 Å². The summed E-state index contributed by atoms with van der Waals surface area (Å²) in [7, 11) is 5.08. The summed E-state index contributed by atoms with van der Waals surface area (Å²) in [5.41, 5.74) is 0. The van der Waals surface area contributed by atoms with Crippen LogP contribution in [0.5, 0.6) is 0 Å². The molecule has 0 saturated carbocycles. The Morgan fingerprint density at radius 1 is 1.55 bits per heavy atom. The molecule has 0 aromatic rings. The van der Waals surface area contributed by atoms with Crippen molar-refractivity contribution in [2.75, 3.05) is 21.3 Å². The van der Waals surface area contributed by atoms with E-state index < -0.39 is 0 Å². The van der Waals surface area contributed by atoms with Gasteiger partial charge in [0.2, 0.25) is 0 Å². The van der Waals surface area contributed by atoms with Crippen LogP contribution in [-0.2, 0) is 9.47 Å². The highest BCUT2D eigenvalue weighted by Gasteiger charge is 2.01. The van der Waals surface area contributed by atoms with Crippen molar-refractivity contribution < 1.29 is 9.47 Å². The fourth-order valence-corrected chi connectivity index (χ4v) is 0.777. The average molecular weight is 224 g/mol. The Kier molecular flexibility index (Phi) is 6.60. The monoisotopic (exact) mass is 223 g/mol. The summed E-state index contributed by atoms with van der Waals surface area (Å²) in [6.45, 7) is 0. The van der Waals surface area contributed by atoms with Crippen LogP contribution in [0.2, 0.25) is 0 Å². The molecule has 0 aliphatic rings. The van der Waals surface area contributed by atoms with Gasteiger partial charge in [0.25, 0.3) is 0 Å². The van der Waals surface area contributed by atoms with Crippen LogP contribution >= 0.6 is 15.9 Å². The molecular weight excluding hydrogens is 210 g/mol. The van der Waals surface area contributed by atoms with E-state index in [9.17, 15) is 0 Å². The second kappa shape index (κ2) is 6.64. The number of halogens is 1. The largest absolute Gasteiger partial charge is 0.383 e. The third-order valence-electron chi connectivity index (χ3n) is 1.25. The smallest absolute Gasteiger partial charge is 0.160 e. The number of hydrogen-bond acceptors (Lipinski definition) is 3. The molecule has 1 N–H and O–H groups in total. The lowest BCUT2D eigenvalue weighted by Crippen LogP contribution is -2.12. The molecule has 0 aliphatic carbocycles. The van der Waals surface area contributed by atoms with Gasteiger partial charge < -0.3 is 14.8 Å². The molecule has 3 nitrogen and oxygen atoms in total. The zero-order chi connectivity index (χ0) is 8.69. The number of rotatable bonds is 5. The lowest BCUT2D eigenvalue weighted by atomic mass is 10.4. The van der Waals surface area contributed by atoms with Gasteiger partial charge in [0, 0.05) is 27.7 Å². The van der Waals surface area contributed by atoms with E-state index in [2.05, 4.69) is 21.2 Å². The molecule has 0 amide bonds. The molecule has 11 heavy (non-hydrogen) atoms. The van der Waals surface area contributed by atoms with Gasteiger partial charge in [0.15, 0.2) is 6.29 Å². The summed E-state index contributed by atoms with van der Waals surface area (Å²) >= 11 is 3.30. The zero-order valence-corrected chi connectivity index (χ0v) is 8.64. The first-order chi connectivity index (χ1) is 5.24. The van der Waals surface area contributed by atoms with Gasteiger partial charge in [-0.3, -0.25) is 0 Å². The number of ether oxygens (including phenoxy) is 2. The van der Waals surface area contributed by atoms with Gasteiger partial charge in [0.05, 0.1) is 4.61 Å². The van der Waals surface area contributed by atoms with Crippen LogP contribution in [0.3, 0.4) is 0 Å². The van der Waals surface area contributed by atoms with Gasteiger partial charge in [-0.1, -0.05) is 0 Å². The summed E-state index contributed by atoms with van der Waals surface area (Å²) < 4.78 is 10.9. The highest BCUT2D eigenvalue weighted by molar-refractivity contribution is 9.11. The fraction of sp³-hybridized carbons (Fsp3) is 0.714. The maximum absolute atomic E-state index is 4.98. The molecule has 0 spiro atoms. The SMILES string of the molecule is CN/C(Br)=C\CC(OC)OC. The standard InChI is InChI=1S/C7H14BrNO2/c1-9-6(8)4-5-7(10-2)11-3/h4,7,9H,5H2,1-3H3/b6-4-. The molecule has 0 radical (unpaired) electrons. The normalized spacial score (nSPS) is 12.3. The van der Waals surface area contributed by atoms with Crippen molar-refractivity contribution in [2.45, 2.75) is 12.7 Å². The van der Waals surface area contributed by atoms with Crippen molar-refractivity contribution in [3.63, 3.8) is 0 Å². The van der Waals surface area contributed by atoms with Gasteiger partial charge in [-0.25, -0.2) is 0 Å². The van der Waals surface area contributed by atoms with Gasteiger partial charge in [0.1, 0.15) is 0 Å². The van der Waals surface area contributed by atoms with Crippen molar-refractivity contribution in [1.29, 1.82) is 0 Å². The lowest BCUT2D eigenvalue weighted by Gasteiger charge is -2.10. The predicted octanol–water partition coefficient (Wildman–Crippen LogP) is 1.45. The van der Waals surface area contributed by atoms with Crippen molar-refractivity contribution in [1.82, 2.24) is 5.32 Å². The Bertz CT molecular complexity index is 124. The Labute approximate surface area is 75.9 Å². The summed E-state index contributed by atoms with van der Waals surface area (Å²) in [6, 6.07) is 0. The highest BCUT2D eigenvalue weighted by Crippen LogP contribution is 2.05. The van der Waals surface area contributed by atoms with Gasteiger partial charge in [-0.2, -0.15) is 0 Å². The Morgan fingerprint density at radius 3 is 2.45 bits per heavy atom. The first-order valence-corrected chi connectivity index (χ1v) is 4.13. The molecular formula is C7H14BrNO2. The van der Waals surface area contributed by atoms with Gasteiger partial charge in [-0.05, 0) is 22.0 Å². The third-order valence-corrected chi connectivity index (χ3v) is 1.97. The highest BCUT2D eigenvalue weighted by atomic mass is 79.9. The molecule has 0 bridgehead atoms. The number of methoxy groups -OCH3 is 2.